The van der Waals surface area contributed by atoms with Crippen LogP contribution in [0.4, 0.5) is 10.8 Å². The third-order valence-electron chi connectivity index (χ3n) is 5.55. The van der Waals surface area contributed by atoms with Crippen LogP contribution in [0.5, 0.6) is 0 Å². The maximum Gasteiger partial charge on any atom is 0.269 e. The Kier molecular flexibility index (Phi) is 7.22. The number of nitro groups is 1. The number of rotatable bonds is 8. The van der Waals surface area contributed by atoms with Gasteiger partial charge in [0.2, 0.25) is 5.91 Å². The molecule has 0 radical (unpaired) electrons. The fourth-order valence-corrected chi connectivity index (χ4v) is 5.41. The summed E-state index contributed by atoms with van der Waals surface area (Å²) in [6.07, 6.45) is 1.21. The van der Waals surface area contributed by atoms with Crippen molar-refractivity contribution in [1.29, 1.82) is 0 Å². The van der Waals surface area contributed by atoms with Crippen LogP contribution in [0.3, 0.4) is 0 Å². The number of ether oxygens (including phenoxy) is 1. The van der Waals surface area contributed by atoms with Crippen molar-refractivity contribution in [2.24, 2.45) is 0 Å². The van der Waals surface area contributed by atoms with E-state index in [0.29, 0.717) is 47.2 Å². The Morgan fingerprint density at radius 3 is 2.56 bits per heavy atom. The fraction of sp³-hybridized carbons (Fsp3) is 0.364. The van der Waals surface area contributed by atoms with Gasteiger partial charge in [-0.2, -0.15) is 0 Å². The quantitative estimate of drug-likeness (QED) is 0.339. The van der Waals surface area contributed by atoms with Crippen molar-refractivity contribution in [2.75, 3.05) is 50.5 Å². The third kappa shape index (κ3) is 5.76. The van der Waals surface area contributed by atoms with Gasteiger partial charge in [0.1, 0.15) is 0 Å². The molecule has 2 heterocycles. The number of fused-ring (bicyclic) bond motifs is 1. The fourth-order valence-electron chi connectivity index (χ4n) is 3.64. The lowest BCUT2D eigenvalue weighted by Gasteiger charge is -2.29. The molecule has 1 aliphatic heterocycles. The number of nitrogens with zero attached hydrogens (tertiary/aromatic N) is 4. The summed E-state index contributed by atoms with van der Waals surface area (Å²) in [5.74, 6) is -0.190. The predicted molar refractivity (Wildman–Crippen MR) is 129 cm³/mol. The van der Waals surface area contributed by atoms with E-state index < -0.39 is 14.8 Å². The Bertz CT molecular complexity index is 1300. The maximum absolute atomic E-state index is 13.3. The van der Waals surface area contributed by atoms with E-state index in [1.165, 1.54) is 29.5 Å². The maximum atomic E-state index is 13.3. The van der Waals surface area contributed by atoms with Gasteiger partial charge in [-0.15, -0.1) is 0 Å². The smallest absolute Gasteiger partial charge is 0.269 e. The van der Waals surface area contributed by atoms with Gasteiger partial charge in [0.15, 0.2) is 15.0 Å². The topological polar surface area (TPSA) is 123 Å². The van der Waals surface area contributed by atoms with Gasteiger partial charge in [0.25, 0.3) is 5.69 Å². The van der Waals surface area contributed by atoms with E-state index in [1.54, 1.807) is 29.2 Å². The molecule has 0 N–H and O–H groups in total. The molecule has 1 amide bonds. The average molecular weight is 505 g/mol. The first-order chi connectivity index (χ1) is 16.2. The molecule has 1 saturated heterocycles. The molecule has 10 nitrogen and oxygen atoms in total. The number of carbonyl (C=O) groups is 1. The number of hydrogen-bond donors (Lipinski definition) is 0. The van der Waals surface area contributed by atoms with E-state index >= 15 is 0 Å². The minimum absolute atomic E-state index is 0.0340. The lowest BCUT2D eigenvalue weighted by atomic mass is 10.1. The summed E-state index contributed by atoms with van der Waals surface area (Å²) in [4.78, 5) is 32.4. The molecular formula is C22H24N4O6S2. The van der Waals surface area contributed by atoms with E-state index in [0.717, 1.165) is 19.3 Å². The number of sulfone groups is 1. The third-order valence-corrected chi connectivity index (χ3v) is 7.71. The Morgan fingerprint density at radius 1 is 1.21 bits per heavy atom. The van der Waals surface area contributed by atoms with Crippen LogP contribution in [0.25, 0.3) is 10.2 Å². The van der Waals surface area contributed by atoms with E-state index in [2.05, 4.69) is 9.88 Å². The number of anilines is 1. The number of benzene rings is 2. The summed E-state index contributed by atoms with van der Waals surface area (Å²) in [5, 5.41) is 11.4. The summed E-state index contributed by atoms with van der Waals surface area (Å²) in [5.41, 5.74) is 1.24. The van der Waals surface area contributed by atoms with Crippen LogP contribution in [-0.4, -0.2) is 74.8 Å². The van der Waals surface area contributed by atoms with Crippen LogP contribution in [0, 0.1) is 10.1 Å². The molecule has 1 fully saturated rings. The largest absolute Gasteiger partial charge is 0.379 e. The molecule has 0 saturated carbocycles. The minimum Gasteiger partial charge on any atom is -0.379 e. The molecule has 0 spiro atoms. The van der Waals surface area contributed by atoms with E-state index in [9.17, 15) is 23.3 Å². The van der Waals surface area contributed by atoms with Crippen molar-refractivity contribution in [3.05, 3.63) is 58.1 Å². The molecule has 0 atom stereocenters. The Labute approximate surface area is 200 Å². The first-order valence-corrected chi connectivity index (χ1v) is 13.4. The highest BCUT2D eigenvalue weighted by Crippen LogP contribution is 2.31. The lowest BCUT2D eigenvalue weighted by molar-refractivity contribution is -0.384. The highest BCUT2D eigenvalue weighted by molar-refractivity contribution is 7.90. The molecule has 1 aromatic heterocycles. The van der Waals surface area contributed by atoms with Crippen molar-refractivity contribution in [3.8, 4) is 0 Å². The van der Waals surface area contributed by atoms with E-state index in [4.69, 9.17) is 4.74 Å². The van der Waals surface area contributed by atoms with Gasteiger partial charge >= 0.3 is 0 Å². The van der Waals surface area contributed by atoms with Gasteiger partial charge in [0.05, 0.1) is 39.7 Å². The van der Waals surface area contributed by atoms with Crippen molar-refractivity contribution in [1.82, 2.24) is 9.88 Å². The molecule has 0 unspecified atom stereocenters. The van der Waals surface area contributed by atoms with Gasteiger partial charge in [-0.3, -0.25) is 24.7 Å². The Hall–Kier alpha value is -2.93. The molecule has 0 aliphatic carbocycles. The standard InChI is InChI=1S/C22H24N4O6S2/c1-34(30,31)18-6-7-19-20(15-18)33-22(23-19)25(9-8-24-10-12-32-13-11-24)21(27)14-16-2-4-17(5-3-16)26(28)29/h2-7,15H,8-14H2,1H3. The molecule has 0 bridgehead atoms. The van der Waals surface area contributed by atoms with Crippen LogP contribution >= 0.6 is 11.3 Å². The number of carbonyl (C=O) groups excluding carboxylic acids is 1. The number of nitro benzene ring substituents is 1. The molecule has 2 aromatic carbocycles. The zero-order valence-corrected chi connectivity index (χ0v) is 20.2. The molecule has 180 valence electrons. The molecule has 12 heteroatoms. The first-order valence-electron chi connectivity index (χ1n) is 10.7. The normalized spacial score (nSPS) is 14.9. The van der Waals surface area contributed by atoms with E-state index in [-0.39, 0.29) is 22.9 Å². The van der Waals surface area contributed by atoms with Crippen LogP contribution < -0.4 is 4.90 Å². The SMILES string of the molecule is CS(=O)(=O)c1ccc2nc(N(CCN3CCOCC3)C(=O)Cc3ccc([N+](=O)[O-])cc3)sc2c1. The Balaban J connectivity index is 1.60. The highest BCUT2D eigenvalue weighted by Gasteiger charge is 2.23. The van der Waals surface area contributed by atoms with Gasteiger partial charge in [-0.1, -0.05) is 23.5 Å². The van der Waals surface area contributed by atoms with Crippen molar-refractivity contribution >= 4 is 48.1 Å². The van der Waals surface area contributed by atoms with Gasteiger partial charge in [0, 0.05) is 44.6 Å². The summed E-state index contributed by atoms with van der Waals surface area (Å²) in [7, 11) is -3.36. The zero-order chi connectivity index (χ0) is 24.3. The van der Waals surface area contributed by atoms with Gasteiger partial charge in [-0.05, 0) is 23.8 Å². The summed E-state index contributed by atoms with van der Waals surface area (Å²) < 4.78 is 29.9. The van der Waals surface area contributed by atoms with Crippen LogP contribution in [0.15, 0.2) is 47.4 Å². The summed E-state index contributed by atoms with van der Waals surface area (Å²) in [6, 6.07) is 10.6. The number of morpholine rings is 1. The summed E-state index contributed by atoms with van der Waals surface area (Å²) >= 11 is 1.26. The number of non-ortho nitro benzene ring substituents is 1. The Morgan fingerprint density at radius 2 is 1.91 bits per heavy atom. The summed E-state index contributed by atoms with van der Waals surface area (Å²) in [6.45, 7) is 3.90. The average Bonchev–Trinajstić information content (AvgIpc) is 3.22. The zero-order valence-electron chi connectivity index (χ0n) is 18.5. The second-order valence-electron chi connectivity index (χ2n) is 8.00. The molecule has 3 aromatic rings. The van der Waals surface area contributed by atoms with Crippen molar-refractivity contribution < 1.29 is 22.9 Å². The molecule has 1 aliphatic rings. The van der Waals surface area contributed by atoms with Gasteiger partial charge in [-0.25, -0.2) is 13.4 Å². The minimum atomic E-state index is -3.36. The second-order valence-corrected chi connectivity index (χ2v) is 11.0. The molecule has 34 heavy (non-hydrogen) atoms. The number of thiazole rings is 1. The van der Waals surface area contributed by atoms with E-state index in [1.807, 2.05) is 0 Å². The van der Waals surface area contributed by atoms with Crippen LogP contribution in [-0.2, 0) is 25.8 Å². The van der Waals surface area contributed by atoms with Crippen molar-refractivity contribution in [3.63, 3.8) is 0 Å². The molecule has 4 rings (SSSR count). The van der Waals surface area contributed by atoms with Crippen LogP contribution in [0.2, 0.25) is 0 Å². The number of aromatic nitrogens is 1. The predicted octanol–water partition coefficient (Wildman–Crippen LogP) is 2.52. The van der Waals surface area contributed by atoms with Crippen molar-refractivity contribution in [2.45, 2.75) is 11.3 Å². The lowest BCUT2D eigenvalue weighted by Crippen LogP contribution is -2.43. The van der Waals surface area contributed by atoms with Crippen LogP contribution in [0.1, 0.15) is 5.56 Å². The number of amides is 1. The first kappa shape index (κ1) is 24.2. The second kappa shape index (κ2) is 10.1. The molecular weight excluding hydrogens is 480 g/mol. The monoisotopic (exact) mass is 504 g/mol. The van der Waals surface area contributed by atoms with Gasteiger partial charge < -0.3 is 4.74 Å². The number of hydrogen-bond acceptors (Lipinski definition) is 9. The highest BCUT2D eigenvalue weighted by atomic mass is 32.2.